The lowest BCUT2D eigenvalue weighted by molar-refractivity contribution is 0.0525. The molecule has 0 aliphatic rings. The van der Waals surface area contributed by atoms with Crippen molar-refractivity contribution in [1.29, 1.82) is 5.26 Å². The number of H-pyrrole nitrogens is 1. The molecule has 1 atom stereocenters. The molecule has 0 aliphatic heterocycles. The van der Waals surface area contributed by atoms with Crippen LogP contribution in [0.3, 0.4) is 0 Å². The lowest BCUT2D eigenvalue weighted by Gasteiger charge is -2.20. The summed E-state index contributed by atoms with van der Waals surface area (Å²) in [5.41, 5.74) is 4.26. The number of rotatable bonds is 6. The van der Waals surface area contributed by atoms with E-state index in [0.29, 0.717) is 24.2 Å². The van der Waals surface area contributed by atoms with Gasteiger partial charge in [-0.3, -0.25) is 0 Å². The van der Waals surface area contributed by atoms with E-state index in [1.807, 2.05) is 42.6 Å². The maximum Gasteiger partial charge on any atom is 0.339 e. The van der Waals surface area contributed by atoms with Gasteiger partial charge >= 0.3 is 5.97 Å². The van der Waals surface area contributed by atoms with Crippen LogP contribution in [0.4, 0.5) is 0 Å². The minimum atomic E-state index is -0.329. The monoisotopic (exact) mass is 394 g/mol. The topological polar surface area (TPSA) is 65.9 Å². The quantitative estimate of drug-likeness (QED) is 0.434. The van der Waals surface area contributed by atoms with Crippen molar-refractivity contribution in [1.82, 2.24) is 4.98 Å². The van der Waals surface area contributed by atoms with Crippen molar-refractivity contribution < 1.29 is 9.53 Å². The predicted octanol–water partition coefficient (Wildman–Crippen LogP) is 5.59. The molecule has 0 saturated heterocycles. The first-order chi connectivity index (χ1) is 14.7. The first kappa shape index (κ1) is 19.5. The summed E-state index contributed by atoms with van der Waals surface area (Å²) in [6.07, 6.45) is 4.25. The number of carbonyl (C=O) groups excluding carboxylic acids is 1. The maximum absolute atomic E-state index is 12.6. The molecule has 0 fully saturated rings. The van der Waals surface area contributed by atoms with E-state index in [0.717, 1.165) is 27.5 Å². The second kappa shape index (κ2) is 8.67. The molecule has 0 saturated carbocycles. The smallest absolute Gasteiger partial charge is 0.339 e. The number of aromatic amines is 1. The molecule has 4 nitrogen and oxygen atoms in total. The number of nitrogens with one attached hydrogen (secondary N) is 1. The van der Waals surface area contributed by atoms with E-state index in [9.17, 15) is 10.1 Å². The second-order valence-electron chi connectivity index (χ2n) is 7.18. The van der Waals surface area contributed by atoms with Crippen LogP contribution in [0.2, 0.25) is 0 Å². The van der Waals surface area contributed by atoms with Crippen LogP contribution < -0.4 is 0 Å². The minimum absolute atomic E-state index is 0.0734. The standard InChI is InChI=1S/C26H22N2O2/c1-2-30-26(29)25-17-28-16-24(25)23(14-18-7-5-8-19(13-18)15-27)22-12-6-10-20-9-3-4-11-21(20)22/h3-13,16-17,23,28H,2,14H2,1H3. The number of aromatic nitrogens is 1. The number of carbonyl (C=O) groups is 1. The third kappa shape index (κ3) is 3.83. The number of esters is 1. The molecular weight excluding hydrogens is 372 g/mol. The molecule has 0 bridgehead atoms. The van der Waals surface area contributed by atoms with Crippen molar-refractivity contribution in [2.45, 2.75) is 19.3 Å². The van der Waals surface area contributed by atoms with Gasteiger partial charge in [0.15, 0.2) is 0 Å². The van der Waals surface area contributed by atoms with Gasteiger partial charge in [-0.1, -0.05) is 54.6 Å². The average molecular weight is 394 g/mol. The fourth-order valence-electron chi connectivity index (χ4n) is 4.00. The molecule has 0 amide bonds. The van der Waals surface area contributed by atoms with Crippen LogP contribution in [0.1, 0.15) is 45.5 Å². The zero-order chi connectivity index (χ0) is 20.9. The van der Waals surface area contributed by atoms with E-state index in [4.69, 9.17) is 4.74 Å². The Hall–Kier alpha value is -3.84. The molecule has 4 aromatic rings. The largest absolute Gasteiger partial charge is 0.462 e. The van der Waals surface area contributed by atoms with Gasteiger partial charge in [0, 0.05) is 18.3 Å². The highest BCUT2D eigenvalue weighted by atomic mass is 16.5. The average Bonchev–Trinajstić information content (AvgIpc) is 3.27. The van der Waals surface area contributed by atoms with Gasteiger partial charge < -0.3 is 9.72 Å². The molecule has 1 unspecified atom stereocenters. The summed E-state index contributed by atoms with van der Waals surface area (Å²) >= 11 is 0. The summed E-state index contributed by atoms with van der Waals surface area (Å²) in [6.45, 7) is 2.13. The zero-order valence-electron chi connectivity index (χ0n) is 16.8. The summed E-state index contributed by atoms with van der Waals surface area (Å²) in [7, 11) is 0. The first-order valence-electron chi connectivity index (χ1n) is 10.0. The highest BCUT2D eigenvalue weighted by molar-refractivity contribution is 5.92. The van der Waals surface area contributed by atoms with Crippen LogP contribution in [0.5, 0.6) is 0 Å². The molecule has 0 spiro atoms. The lowest BCUT2D eigenvalue weighted by Crippen LogP contribution is -2.12. The van der Waals surface area contributed by atoms with Crippen LogP contribution in [0.25, 0.3) is 10.8 Å². The molecule has 1 N–H and O–H groups in total. The maximum atomic E-state index is 12.6. The van der Waals surface area contributed by atoms with Crippen LogP contribution in [-0.4, -0.2) is 17.6 Å². The highest BCUT2D eigenvalue weighted by Gasteiger charge is 2.24. The molecule has 4 heteroatoms. The Labute approximate surface area is 175 Å². The normalized spacial score (nSPS) is 11.7. The molecule has 148 valence electrons. The number of ether oxygens (including phenoxy) is 1. The van der Waals surface area contributed by atoms with E-state index < -0.39 is 0 Å². The van der Waals surface area contributed by atoms with Gasteiger partial charge in [0.1, 0.15) is 0 Å². The van der Waals surface area contributed by atoms with E-state index in [1.165, 1.54) is 0 Å². The van der Waals surface area contributed by atoms with Crippen LogP contribution in [0, 0.1) is 11.3 Å². The lowest BCUT2D eigenvalue weighted by atomic mass is 9.83. The summed E-state index contributed by atoms with van der Waals surface area (Å²) < 4.78 is 5.29. The van der Waals surface area contributed by atoms with Gasteiger partial charge in [0.25, 0.3) is 0 Å². The number of hydrogen-bond acceptors (Lipinski definition) is 3. The van der Waals surface area contributed by atoms with Crippen molar-refractivity contribution in [3.63, 3.8) is 0 Å². The summed E-state index contributed by atoms with van der Waals surface area (Å²) in [6, 6.07) is 24.4. The highest BCUT2D eigenvalue weighted by Crippen LogP contribution is 2.35. The second-order valence-corrected chi connectivity index (χ2v) is 7.18. The van der Waals surface area contributed by atoms with Gasteiger partial charge in [-0.2, -0.15) is 5.26 Å². The Morgan fingerprint density at radius 2 is 1.83 bits per heavy atom. The Morgan fingerprint density at radius 3 is 2.67 bits per heavy atom. The van der Waals surface area contributed by atoms with Gasteiger partial charge in [0.2, 0.25) is 0 Å². The van der Waals surface area contributed by atoms with Crippen LogP contribution in [0.15, 0.2) is 79.1 Å². The summed E-state index contributed by atoms with van der Waals surface area (Å²) in [5, 5.41) is 11.6. The van der Waals surface area contributed by atoms with Crippen molar-refractivity contribution in [3.8, 4) is 6.07 Å². The Morgan fingerprint density at radius 1 is 1.03 bits per heavy atom. The van der Waals surface area contributed by atoms with E-state index in [2.05, 4.69) is 35.3 Å². The molecule has 3 aromatic carbocycles. The van der Waals surface area contributed by atoms with Gasteiger partial charge in [-0.05, 0) is 52.9 Å². The fraction of sp³-hybridized carbons (Fsp3) is 0.154. The number of nitrogens with zero attached hydrogens (tertiary/aromatic N) is 1. The number of nitriles is 1. The Bertz CT molecular complexity index is 1230. The Balaban J connectivity index is 1.87. The molecule has 0 aliphatic carbocycles. The van der Waals surface area contributed by atoms with Gasteiger partial charge in [-0.25, -0.2) is 4.79 Å². The van der Waals surface area contributed by atoms with Crippen molar-refractivity contribution >= 4 is 16.7 Å². The van der Waals surface area contributed by atoms with Crippen LogP contribution >= 0.6 is 0 Å². The third-order valence-electron chi connectivity index (χ3n) is 5.34. The fourth-order valence-corrected chi connectivity index (χ4v) is 4.00. The summed E-state index contributed by atoms with van der Waals surface area (Å²) in [4.78, 5) is 15.7. The summed E-state index contributed by atoms with van der Waals surface area (Å²) in [5.74, 6) is -0.402. The van der Waals surface area contributed by atoms with E-state index in [-0.39, 0.29) is 11.9 Å². The minimum Gasteiger partial charge on any atom is -0.462 e. The predicted molar refractivity (Wildman–Crippen MR) is 117 cm³/mol. The first-order valence-corrected chi connectivity index (χ1v) is 10.0. The molecule has 0 radical (unpaired) electrons. The van der Waals surface area contributed by atoms with Gasteiger partial charge in [-0.15, -0.1) is 0 Å². The molecule has 30 heavy (non-hydrogen) atoms. The Kier molecular flexibility index (Phi) is 5.63. The van der Waals surface area contributed by atoms with Crippen molar-refractivity contribution in [3.05, 3.63) is 107 Å². The zero-order valence-corrected chi connectivity index (χ0v) is 16.8. The van der Waals surface area contributed by atoms with Crippen molar-refractivity contribution in [2.75, 3.05) is 6.61 Å². The number of benzene rings is 3. The number of fused-ring (bicyclic) bond motifs is 1. The van der Waals surface area contributed by atoms with Gasteiger partial charge in [0.05, 0.1) is 23.8 Å². The van der Waals surface area contributed by atoms with Crippen LogP contribution in [-0.2, 0) is 11.2 Å². The SMILES string of the molecule is CCOC(=O)c1c[nH]cc1C(Cc1cccc(C#N)c1)c1cccc2ccccc12. The molecular formula is C26H22N2O2. The van der Waals surface area contributed by atoms with E-state index >= 15 is 0 Å². The third-order valence-corrected chi connectivity index (χ3v) is 5.34. The molecule has 4 rings (SSSR count). The van der Waals surface area contributed by atoms with E-state index in [1.54, 1.807) is 19.2 Å². The molecule has 1 heterocycles. The molecule has 1 aromatic heterocycles. The number of hydrogen-bond donors (Lipinski definition) is 1. The van der Waals surface area contributed by atoms with Crippen molar-refractivity contribution in [2.24, 2.45) is 0 Å².